The molecular formula is C21H29N3O2. The standard InChI is InChI=1S/C21H29N3O2/c25-21-17-7-6-10-22-20(17)18-15-16(8-9-19(18)23-21)26-14-5-4-13-24-11-2-1-3-12-24/h8-9,15,22H,1-7,10-14H2,(H,23,25). The molecule has 2 N–H and O–H groups in total. The quantitative estimate of drug-likeness (QED) is 0.779. The molecule has 4 rings (SSSR count). The number of ether oxygens (including phenoxy) is 1. The first-order valence-electron chi connectivity index (χ1n) is 10.1. The lowest BCUT2D eigenvalue weighted by Crippen LogP contribution is -2.30. The molecule has 0 aliphatic carbocycles. The highest BCUT2D eigenvalue weighted by Gasteiger charge is 2.16. The Labute approximate surface area is 154 Å². The summed E-state index contributed by atoms with van der Waals surface area (Å²) >= 11 is 0. The fourth-order valence-corrected chi connectivity index (χ4v) is 4.13. The first-order chi connectivity index (χ1) is 12.8. The van der Waals surface area contributed by atoms with E-state index in [9.17, 15) is 4.79 Å². The Balaban J connectivity index is 1.36. The third-order valence-corrected chi connectivity index (χ3v) is 5.58. The Morgan fingerprint density at radius 2 is 1.96 bits per heavy atom. The van der Waals surface area contributed by atoms with Crippen LogP contribution in [-0.4, -0.2) is 42.7 Å². The molecule has 2 aliphatic heterocycles. The molecular weight excluding hydrogens is 326 g/mol. The lowest BCUT2D eigenvalue weighted by molar-refractivity contribution is 0.216. The van der Waals surface area contributed by atoms with E-state index in [4.69, 9.17) is 4.74 Å². The van der Waals surface area contributed by atoms with E-state index < -0.39 is 0 Å². The third-order valence-electron chi connectivity index (χ3n) is 5.58. The number of hydrogen-bond donors (Lipinski definition) is 2. The van der Waals surface area contributed by atoms with E-state index in [-0.39, 0.29) is 5.56 Å². The minimum Gasteiger partial charge on any atom is -0.494 e. The molecule has 0 spiro atoms. The highest BCUT2D eigenvalue weighted by Crippen LogP contribution is 2.30. The van der Waals surface area contributed by atoms with Gasteiger partial charge in [-0.25, -0.2) is 0 Å². The van der Waals surface area contributed by atoms with Crippen molar-refractivity contribution in [1.82, 2.24) is 9.88 Å². The average molecular weight is 355 g/mol. The van der Waals surface area contributed by atoms with E-state index in [0.717, 1.165) is 60.3 Å². The van der Waals surface area contributed by atoms with Crippen LogP contribution >= 0.6 is 0 Å². The number of rotatable bonds is 6. The van der Waals surface area contributed by atoms with Gasteiger partial charge in [0.25, 0.3) is 5.56 Å². The molecule has 2 aromatic rings. The van der Waals surface area contributed by atoms with Crippen LogP contribution in [0.25, 0.3) is 10.9 Å². The van der Waals surface area contributed by atoms with Gasteiger partial charge in [0.05, 0.1) is 17.8 Å². The van der Waals surface area contributed by atoms with Crippen molar-refractivity contribution in [2.45, 2.75) is 44.9 Å². The van der Waals surface area contributed by atoms with Gasteiger partial charge in [-0.1, -0.05) is 6.42 Å². The fourth-order valence-electron chi connectivity index (χ4n) is 4.13. The largest absolute Gasteiger partial charge is 0.494 e. The SMILES string of the molecule is O=c1[nH]c2ccc(OCCCCN3CCCCC3)cc2c2c1CCCN2. The van der Waals surface area contributed by atoms with E-state index in [2.05, 4.69) is 21.3 Å². The van der Waals surface area contributed by atoms with Crippen LogP contribution in [0.2, 0.25) is 0 Å². The molecule has 1 saturated heterocycles. The molecule has 1 aromatic heterocycles. The monoisotopic (exact) mass is 355 g/mol. The van der Waals surface area contributed by atoms with Gasteiger partial charge >= 0.3 is 0 Å². The van der Waals surface area contributed by atoms with Gasteiger partial charge < -0.3 is 19.9 Å². The molecule has 0 atom stereocenters. The topological polar surface area (TPSA) is 57.4 Å². The van der Waals surface area contributed by atoms with Gasteiger partial charge in [0.15, 0.2) is 0 Å². The molecule has 3 heterocycles. The first kappa shape index (κ1) is 17.4. The molecule has 0 amide bonds. The van der Waals surface area contributed by atoms with Crippen LogP contribution in [-0.2, 0) is 6.42 Å². The Morgan fingerprint density at radius 3 is 2.85 bits per heavy atom. The second-order valence-electron chi connectivity index (χ2n) is 7.50. The van der Waals surface area contributed by atoms with Crippen molar-refractivity contribution >= 4 is 16.6 Å². The number of aromatic amines is 1. The predicted octanol–water partition coefficient (Wildman–Crippen LogP) is 3.53. The fraction of sp³-hybridized carbons (Fsp3) is 0.571. The number of nitrogens with one attached hydrogen (secondary N) is 2. The molecule has 5 nitrogen and oxygen atoms in total. The average Bonchev–Trinajstić information content (AvgIpc) is 2.69. The summed E-state index contributed by atoms with van der Waals surface area (Å²) in [6.07, 6.45) is 8.23. The zero-order chi connectivity index (χ0) is 17.8. The maximum Gasteiger partial charge on any atom is 0.253 e. The van der Waals surface area contributed by atoms with E-state index in [1.54, 1.807) is 0 Å². The number of hydrogen-bond acceptors (Lipinski definition) is 4. The summed E-state index contributed by atoms with van der Waals surface area (Å²) in [6.45, 7) is 5.40. The van der Waals surface area contributed by atoms with Crippen LogP contribution in [0.4, 0.5) is 5.69 Å². The minimum atomic E-state index is 0.0334. The molecule has 0 saturated carbocycles. The molecule has 0 radical (unpaired) electrons. The smallest absolute Gasteiger partial charge is 0.253 e. The maximum atomic E-state index is 12.2. The number of likely N-dealkylation sites (tertiary alicyclic amines) is 1. The molecule has 26 heavy (non-hydrogen) atoms. The van der Waals surface area contributed by atoms with Crippen LogP contribution < -0.4 is 15.6 Å². The summed E-state index contributed by atoms with van der Waals surface area (Å²) in [6, 6.07) is 5.97. The van der Waals surface area contributed by atoms with Crippen molar-refractivity contribution in [3.05, 3.63) is 34.1 Å². The van der Waals surface area contributed by atoms with Gasteiger partial charge in [-0.15, -0.1) is 0 Å². The summed E-state index contributed by atoms with van der Waals surface area (Å²) in [4.78, 5) is 17.8. The number of anilines is 1. The van der Waals surface area contributed by atoms with Gasteiger partial charge in [-0.05, 0) is 76.4 Å². The van der Waals surface area contributed by atoms with Gasteiger partial charge in [-0.2, -0.15) is 0 Å². The van der Waals surface area contributed by atoms with E-state index in [1.807, 2.05) is 12.1 Å². The van der Waals surface area contributed by atoms with Crippen LogP contribution in [0.5, 0.6) is 5.75 Å². The number of benzene rings is 1. The molecule has 0 unspecified atom stereocenters. The summed E-state index contributed by atoms with van der Waals surface area (Å²) in [5.41, 5.74) is 2.78. The van der Waals surface area contributed by atoms with Crippen molar-refractivity contribution in [3.8, 4) is 5.75 Å². The lowest BCUT2D eigenvalue weighted by Gasteiger charge is -2.26. The molecule has 140 valence electrons. The van der Waals surface area contributed by atoms with E-state index in [0.29, 0.717) is 0 Å². The molecule has 1 aromatic carbocycles. The number of H-pyrrole nitrogens is 1. The third kappa shape index (κ3) is 3.88. The summed E-state index contributed by atoms with van der Waals surface area (Å²) < 4.78 is 5.99. The second-order valence-corrected chi connectivity index (χ2v) is 7.50. The Bertz CT molecular complexity index is 809. The zero-order valence-electron chi connectivity index (χ0n) is 15.5. The number of pyridine rings is 1. The van der Waals surface area contributed by atoms with Crippen molar-refractivity contribution in [2.75, 3.05) is 38.1 Å². The Morgan fingerprint density at radius 1 is 1.08 bits per heavy atom. The van der Waals surface area contributed by atoms with Crippen molar-refractivity contribution in [2.24, 2.45) is 0 Å². The van der Waals surface area contributed by atoms with Crippen LogP contribution in [0.1, 0.15) is 44.1 Å². The minimum absolute atomic E-state index is 0.0334. The Hall–Kier alpha value is -2.01. The summed E-state index contributed by atoms with van der Waals surface area (Å²) in [5.74, 6) is 0.886. The number of piperidine rings is 1. The van der Waals surface area contributed by atoms with Crippen molar-refractivity contribution in [1.29, 1.82) is 0 Å². The zero-order valence-corrected chi connectivity index (χ0v) is 15.5. The molecule has 0 bridgehead atoms. The number of nitrogens with zero attached hydrogens (tertiary/aromatic N) is 1. The number of unbranched alkanes of at least 4 members (excludes halogenated alkanes) is 1. The van der Waals surface area contributed by atoms with E-state index >= 15 is 0 Å². The van der Waals surface area contributed by atoms with Crippen molar-refractivity contribution in [3.63, 3.8) is 0 Å². The van der Waals surface area contributed by atoms with Gasteiger partial charge in [0.2, 0.25) is 0 Å². The highest BCUT2D eigenvalue weighted by atomic mass is 16.5. The first-order valence-corrected chi connectivity index (χ1v) is 10.1. The molecule has 5 heteroatoms. The van der Waals surface area contributed by atoms with Gasteiger partial charge in [-0.3, -0.25) is 4.79 Å². The summed E-state index contributed by atoms with van der Waals surface area (Å²) in [7, 11) is 0. The van der Waals surface area contributed by atoms with Crippen molar-refractivity contribution < 1.29 is 4.74 Å². The maximum absolute atomic E-state index is 12.2. The van der Waals surface area contributed by atoms with Crippen LogP contribution in [0.3, 0.4) is 0 Å². The number of fused-ring (bicyclic) bond motifs is 3. The van der Waals surface area contributed by atoms with E-state index in [1.165, 1.54) is 45.3 Å². The molecule has 2 aliphatic rings. The normalized spacial score (nSPS) is 17.7. The van der Waals surface area contributed by atoms with Gasteiger partial charge in [0, 0.05) is 17.5 Å². The predicted molar refractivity (Wildman–Crippen MR) is 106 cm³/mol. The van der Waals surface area contributed by atoms with Gasteiger partial charge in [0.1, 0.15) is 5.75 Å². The van der Waals surface area contributed by atoms with Crippen LogP contribution in [0, 0.1) is 0 Å². The lowest BCUT2D eigenvalue weighted by atomic mass is 10.0. The Kier molecular flexibility index (Phi) is 5.44. The van der Waals surface area contributed by atoms with Crippen LogP contribution in [0.15, 0.2) is 23.0 Å². The number of aromatic nitrogens is 1. The summed E-state index contributed by atoms with van der Waals surface area (Å²) in [5, 5.41) is 4.47. The second kappa shape index (κ2) is 8.12. The highest BCUT2D eigenvalue weighted by molar-refractivity contribution is 5.94. The molecule has 1 fully saturated rings.